The van der Waals surface area contributed by atoms with E-state index in [2.05, 4.69) is 10.4 Å². The molecule has 0 bridgehead atoms. The smallest absolute Gasteiger partial charge is 0.243 e. The minimum absolute atomic E-state index is 0.0797. The van der Waals surface area contributed by atoms with Crippen LogP contribution in [0.25, 0.3) is 0 Å². The van der Waals surface area contributed by atoms with Crippen molar-refractivity contribution in [2.75, 3.05) is 18.9 Å². The number of aromatic nitrogens is 2. The predicted octanol–water partition coefficient (Wildman–Crippen LogP) is 3.33. The van der Waals surface area contributed by atoms with Crippen LogP contribution in [0, 0.1) is 5.82 Å². The van der Waals surface area contributed by atoms with E-state index < -0.39 is 21.7 Å². The maximum absolute atomic E-state index is 13.1. The summed E-state index contributed by atoms with van der Waals surface area (Å²) in [5, 5.41) is 7.39. The number of carbonyl (C=O) groups excluding carboxylic acids is 1. The van der Waals surface area contributed by atoms with Crippen LogP contribution >= 0.6 is 0 Å². The maximum atomic E-state index is 13.1. The van der Waals surface area contributed by atoms with Crippen molar-refractivity contribution in [3.8, 4) is 0 Å². The maximum Gasteiger partial charge on any atom is 0.243 e. The zero-order valence-corrected chi connectivity index (χ0v) is 18.8. The first-order valence-corrected chi connectivity index (χ1v) is 10.7. The summed E-state index contributed by atoms with van der Waals surface area (Å²) in [4.78, 5) is 12.5. The molecule has 1 amide bonds. The summed E-state index contributed by atoms with van der Waals surface area (Å²) in [6, 6.07) is 6.28. The van der Waals surface area contributed by atoms with E-state index in [0.29, 0.717) is 5.82 Å². The quantitative estimate of drug-likeness (QED) is 0.798. The van der Waals surface area contributed by atoms with Crippen molar-refractivity contribution in [3.05, 3.63) is 41.8 Å². The average molecular weight is 425 g/mol. The first kappa shape index (κ1) is 23.0. The van der Waals surface area contributed by atoms with Crippen LogP contribution in [0.5, 0.6) is 0 Å². The number of carbonyl (C=O) groups is 1. The molecule has 0 radical (unpaired) electrons. The van der Waals surface area contributed by atoms with E-state index in [1.807, 2.05) is 41.5 Å². The van der Waals surface area contributed by atoms with E-state index in [9.17, 15) is 17.6 Å². The first-order valence-electron chi connectivity index (χ1n) is 9.25. The van der Waals surface area contributed by atoms with Crippen LogP contribution < -0.4 is 5.32 Å². The van der Waals surface area contributed by atoms with E-state index in [-0.39, 0.29) is 22.4 Å². The van der Waals surface area contributed by atoms with Crippen LogP contribution in [0.15, 0.2) is 35.2 Å². The van der Waals surface area contributed by atoms with Gasteiger partial charge >= 0.3 is 0 Å². The number of anilines is 1. The summed E-state index contributed by atoms with van der Waals surface area (Å²) in [6.45, 7) is 11.6. The molecule has 1 aromatic carbocycles. The molecule has 29 heavy (non-hydrogen) atoms. The van der Waals surface area contributed by atoms with Gasteiger partial charge in [0.25, 0.3) is 0 Å². The lowest BCUT2D eigenvalue weighted by Crippen LogP contribution is -2.36. The highest BCUT2D eigenvalue weighted by Crippen LogP contribution is 2.28. The van der Waals surface area contributed by atoms with Gasteiger partial charge in [0.15, 0.2) is 0 Å². The zero-order valence-electron chi connectivity index (χ0n) is 17.9. The molecule has 0 atom stereocenters. The van der Waals surface area contributed by atoms with E-state index in [4.69, 9.17) is 0 Å². The lowest BCUT2D eigenvalue weighted by Gasteiger charge is -2.23. The van der Waals surface area contributed by atoms with Crippen LogP contribution in [-0.4, -0.2) is 42.0 Å². The summed E-state index contributed by atoms with van der Waals surface area (Å²) in [5.41, 5.74) is 0.228. The van der Waals surface area contributed by atoms with Gasteiger partial charge in [-0.3, -0.25) is 4.79 Å². The SMILES string of the molecule is CN(CC(=O)Nc1cc(C(C)(C)C)nn1C(C)(C)C)S(=O)(=O)c1ccc(F)cc1. The van der Waals surface area contributed by atoms with Crippen molar-refractivity contribution in [2.45, 2.75) is 57.4 Å². The molecule has 0 saturated carbocycles. The molecule has 1 heterocycles. The Labute approximate surface area is 172 Å². The fraction of sp³-hybridized carbons (Fsp3) is 0.500. The third-order valence-electron chi connectivity index (χ3n) is 4.27. The molecule has 0 aliphatic heterocycles. The van der Waals surface area contributed by atoms with Gasteiger partial charge in [-0.2, -0.15) is 9.40 Å². The molecule has 0 aliphatic carbocycles. The summed E-state index contributed by atoms with van der Waals surface area (Å²) in [5.74, 6) is -0.529. The first-order chi connectivity index (χ1) is 13.1. The Hall–Kier alpha value is -2.26. The summed E-state index contributed by atoms with van der Waals surface area (Å²) < 4.78 is 40.9. The Morgan fingerprint density at radius 3 is 2.17 bits per heavy atom. The highest BCUT2D eigenvalue weighted by atomic mass is 32.2. The molecular weight excluding hydrogens is 395 g/mol. The fourth-order valence-electron chi connectivity index (χ4n) is 2.60. The number of sulfonamides is 1. The van der Waals surface area contributed by atoms with Crippen molar-refractivity contribution in [1.29, 1.82) is 0 Å². The van der Waals surface area contributed by atoms with Gasteiger partial charge in [-0.05, 0) is 45.0 Å². The Balaban J connectivity index is 2.22. The van der Waals surface area contributed by atoms with Crippen LogP contribution in [0.2, 0.25) is 0 Å². The number of hydrogen-bond acceptors (Lipinski definition) is 4. The second kappa shape index (κ2) is 7.87. The third-order valence-corrected chi connectivity index (χ3v) is 6.09. The minimum Gasteiger partial charge on any atom is -0.310 e. The molecule has 1 aromatic heterocycles. The van der Waals surface area contributed by atoms with Gasteiger partial charge in [-0.25, -0.2) is 17.5 Å². The van der Waals surface area contributed by atoms with Crippen molar-refractivity contribution >= 4 is 21.7 Å². The van der Waals surface area contributed by atoms with E-state index in [1.165, 1.54) is 19.2 Å². The molecule has 0 spiro atoms. The Bertz CT molecular complexity index is 984. The highest BCUT2D eigenvalue weighted by molar-refractivity contribution is 7.89. The molecule has 2 rings (SSSR count). The normalized spacial score (nSPS) is 13.0. The van der Waals surface area contributed by atoms with Gasteiger partial charge in [-0.1, -0.05) is 20.8 Å². The van der Waals surface area contributed by atoms with Gasteiger partial charge in [0.1, 0.15) is 11.6 Å². The monoisotopic (exact) mass is 424 g/mol. The molecule has 160 valence electrons. The number of amides is 1. The lowest BCUT2D eigenvalue weighted by atomic mass is 9.92. The Morgan fingerprint density at radius 1 is 1.14 bits per heavy atom. The number of likely N-dealkylation sites (N-methyl/N-ethyl adjacent to an activating group) is 1. The van der Waals surface area contributed by atoms with Crippen molar-refractivity contribution in [1.82, 2.24) is 14.1 Å². The number of benzene rings is 1. The van der Waals surface area contributed by atoms with Crippen LogP contribution in [0.3, 0.4) is 0 Å². The Kier molecular flexibility index (Phi) is 6.25. The molecule has 0 unspecified atom stereocenters. The number of rotatable bonds is 5. The van der Waals surface area contributed by atoms with E-state index >= 15 is 0 Å². The number of halogens is 1. The van der Waals surface area contributed by atoms with Gasteiger partial charge in [0.2, 0.25) is 15.9 Å². The zero-order chi connectivity index (χ0) is 22.2. The van der Waals surface area contributed by atoms with Gasteiger partial charge in [0.05, 0.1) is 22.7 Å². The Morgan fingerprint density at radius 2 is 1.69 bits per heavy atom. The van der Waals surface area contributed by atoms with Crippen molar-refractivity contribution in [3.63, 3.8) is 0 Å². The molecule has 0 aliphatic rings. The van der Waals surface area contributed by atoms with Crippen LogP contribution in [0.4, 0.5) is 10.2 Å². The van der Waals surface area contributed by atoms with E-state index in [1.54, 1.807) is 10.7 Å². The largest absolute Gasteiger partial charge is 0.310 e. The van der Waals surface area contributed by atoms with Gasteiger partial charge in [0, 0.05) is 18.5 Å². The number of hydrogen-bond donors (Lipinski definition) is 1. The van der Waals surface area contributed by atoms with Gasteiger partial charge < -0.3 is 5.32 Å². The summed E-state index contributed by atoms with van der Waals surface area (Å²) in [7, 11) is -2.61. The molecule has 1 N–H and O–H groups in total. The topological polar surface area (TPSA) is 84.3 Å². The standard InChI is InChI=1S/C20H29FN4O3S/c1-19(2,3)16-12-17(25(23-16)20(4,5)6)22-18(26)13-24(7)29(27,28)15-10-8-14(21)9-11-15/h8-12H,13H2,1-7H3,(H,22,26). The third kappa shape index (κ3) is 5.42. The average Bonchev–Trinajstić information content (AvgIpc) is 2.99. The molecule has 7 nitrogen and oxygen atoms in total. The van der Waals surface area contributed by atoms with Crippen LogP contribution in [-0.2, 0) is 25.8 Å². The molecule has 2 aromatic rings. The summed E-state index contributed by atoms with van der Waals surface area (Å²) in [6.07, 6.45) is 0. The molecule has 0 fully saturated rings. The minimum atomic E-state index is -3.92. The van der Waals surface area contributed by atoms with Crippen LogP contribution in [0.1, 0.15) is 47.2 Å². The predicted molar refractivity (Wildman–Crippen MR) is 111 cm³/mol. The van der Waals surface area contributed by atoms with E-state index in [0.717, 1.165) is 22.1 Å². The number of nitrogens with zero attached hydrogens (tertiary/aromatic N) is 3. The summed E-state index contributed by atoms with van der Waals surface area (Å²) >= 11 is 0. The molecule has 0 saturated heterocycles. The lowest BCUT2D eigenvalue weighted by molar-refractivity contribution is -0.116. The second-order valence-electron chi connectivity index (χ2n) is 9.01. The molecular formula is C20H29FN4O3S. The fourth-order valence-corrected chi connectivity index (χ4v) is 3.73. The second-order valence-corrected chi connectivity index (χ2v) is 11.1. The number of nitrogens with one attached hydrogen (secondary N) is 1. The van der Waals surface area contributed by atoms with Crippen molar-refractivity contribution in [2.24, 2.45) is 0 Å². The van der Waals surface area contributed by atoms with Crippen molar-refractivity contribution < 1.29 is 17.6 Å². The van der Waals surface area contributed by atoms with Gasteiger partial charge in [-0.15, -0.1) is 0 Å². The highest BCUT2D eigenvalue weighted by Gasteiger charge is 2.27. The molecule has 9 heteroatoms.